The summed E-state index contributed by atoms with van der Waals surface area (Å²) in [6.45, 7) is 3.44. The lowest BCUT2D eigenvalue weighted by Gasteiger charge is -2.40. The van der Waals surface area contributed by atoms with Gasteiger partial charge >= 0.3 is 0 Å². The monoisotopic (exact) mass is 277 g/mol. The standard InChI is InChI=1S/C16H23NO3/c1-11(18)16-13(6-4-8-15(16)19-2)17-9-10-20-14-7-3-5-12(14)17/h4,6,8,11-12,14,18H,3,5,7,9-10H2,1-2H3/t11-,12?,14?/m1/s1. The molecule has 1 aliphatic carbocycles. The third kappa shape index (κ3) is 2.27. The van der Waals surface area contributed by atoms with Crippen LogP contribution < -0.4 is 9.64 Å². The molecule has 0 amide bonds. The summed E-state index contributed by atoms with van der Waals surface area (Å²) >= 11 is 0. The Labute approximate surface area is 120 Å². The van der Waals surface area contributed by atoms with Gasteiger partial charge in [-0.2, -0.15) is 0 Å². The number of morpholine rings is 1. The smallest absolute Gasteiger partial charge is 0.126 e. The number of nitrogens with zero attached hydrogens (tertiary/aromatic N) is 1. The second kappa shape index (κ2) is 5.62. The van der Waals surface area contributed by atoms with Gasteiger partial charge in [0.1, 0.15) is 5.75 Å². The fourth-order valence-electron chi connectivity index (χ4n) is 3.61. The second-order valence-corrected chi connectivity index (χ2v) is 5.67. The molecule has 3 rings (SSSR count). The zero-order valence-electron chi connectivity index (χ0n) is 12.2. The number of hydrogen-bond donors (Lipinski definition) is 1. The Kier molecular flexibility index (Phi) is 3.85. The number of ether oxygens (including phenoxy) is 2. The van der Waals surface area contributed by atoms with Crippen LogP contribution in [0.3, 0.4) is 0 Å². The number of aliphatic hydroxyl groups is 1. The van der Waals surface area contributed by atoms with Gasteiger partial charge in [-0.05, 0) is 38.3 Å². The normalized spacial score (nSPS) is 27.2. The SMILES string of the molecule is COc1cccc(N2CCOC3CCCC32)c1[C@@H](C)O. The van der Waals surface area contributed by atoms with Gasteiger partial charge in [-0.1, -0.05) is 6.07 Å². The van der Waals surface area contributed by atoms with Crippen LogP contribution in [0.2, 0.25) is 0 Å². The first-order valence-electron chi connectivity index (χ1n) is 7.45. The summed E-state index contributed by atoms with van der Waals surface area (Å²) in [5.41, 5.74) is 1.99. The summed E-state index contributed by atoms with van der Waals surface area (Å²) in [6, 6.07) is 6.44. The first kappa shape index (κ1) is 13.7. The van der Waals surface area contributed by atoms with Gasteiger partial charge in [-0.15, -0.1) is 0 Å². The molecule has 1 aliphatic heterocycles. The van der Waals surface area contributed by atoms with Crippen molar-refractivity contribution in [3.05, 3.63) is 23.8 Å². The van der Waals surface area contributed by atoms with E-state index < -0.39 is 6.10 Å². The molecule has 1 heterocycles. The number of anilines is 1. The summed E-state index contributed by atoms with van der Waals surface area (Å²) in [5, 5.41) is 10.1. The third-order valence-corrected chi connectivity index (χ3v) is 4.47. The molecule has 20 heavy (non-hydrogen) atoms. The minimum atomic E-state index is -0.538. The van der Waals surface area contributed by atoms with Crippen molar-refractivity contribution in [1.82, 2.24) is 0 Å². The minimum absolute atomic E-state index is 0.344. The molecular weight excluding hydrogens is 254 g/mol. The molecule has 0 aromatic heterocycles. The maximum absolute atomic E-state index is 10.1. The molecule has 110 valence electrons. The largest absolute Gasteiger partial charge is 0.496 e. The van der Waals surface area contributed by atoms with Gasteiger partial charge in [0.05, 0.1) is 32.0 Å². The van der Waals surface area contributed by atoms with Crippen LogP contribution in [0.5, 0.6) is 5.75 Å². The van der Waals surface area contributed by atoms with E-state index in [9.17, 15) is 5.11 Å². The molecule has 2 aliphatic rings. The molecule has 0 radical (unpaired) electrons. The van der Waals surface area contributed by atoms with Crippen molar-refractivity contribution in [2.24, 2.45) is 0 Å². The Morgan fingerprint density at radius 3 is 3.00 bits per heavy atom. The maximum atomic E-state index is 10.1. The van der Waals surface area contributed by atoms with Crippen LogP contribution in [0.1, 0.15) is 37.9 Å². The van der Waals surface area contributed by atoms with E-state index in [1.807, 2.05) is 12.1 Å². The highest BCUT2D eigenvalue weighted by atomic mass is 16.5. The average molecular weight is 277 g/mol. The lowest BCUT2D eigenvalue weighted by atomic mass is 10.0. The van der Waals surface area contributed by atoms with Crippen LogP contribution in [-0.2, 0) is 4.74 Å². The van der Waals surface area contributed by atoms with Gasteiger partial charge < -0.3 is 19.5 Å². The second-order valence-electron chi connectivity index (χ2n) is 5.67. The van der Waals surface area contributed by atoms with Crippen LogP contribution >= 0.6 is 0 Å². The number of aliphatic hydroxyl groups excluding tert-OH is 1. The fourth-order valence-corrected chi connectivity index (χ4v) is 3.61. The average Bonchev–Trinajstić information content (AvgIpc) is 2.94. The molecule has 1 aromatic carbocycles. The van der Waals surface area contributed by atoms with E-state index in [4.69, 9.17) is 9.47 Å². The lowest BCUT2D eigenvalue weighted by Crippen LogP contribution is -2.49. The summed E-state index contributed by atoms with van der Waals surface area (Å²) in [6.07, 6.45) is 3.34. The van der Waals surface area contributed by atoms with Crippen molar-refractivity contribution < 1.29 is 14.6 Å². The Bertz CT molecular complexity index is 475. The van der Waals surface area contributed by atoms with Crippen LogP contribution in [0.25, 0.3) is 0 Å². The molecule has 2 fully saturated rings. The number of methoxy groups -OCH3 is 1. The number of fused-ring (bicyclic) bond motifs is 1. The molecule has 4 nitrogen and oxygen atoms in total. The van der Waals surface area contributed by atoms with E-state index in [0.717, 1.165) is 36.6 Å². The van der Waals surface area contributed by atoms with Crippen molar-refractivity contribution in [2.75, 3.05) is 25.2 Å². The number of hydrogen-bond acceptors (Lipinski definition) is 4. The Balaban J connectivity index is 2.00. The van der Waals surface area contributed by atoms with E-state index in [1.165, 1.54) is 12.8 Å². The van der Waals surface area contributed by atoms with Gasteiger partial charge in [0.2, 0.25) is 0 Å². The molecular formula is C16H23NO3. The number of rotatable bonds is 3. The van der Waals surface area contributed by atoms with Gasteiger partial charge in [-0.3, -0.25) is 0 Å². The van der Waals surface area contributed by atoms with E-state index in [0.29, 0.717) is 12.1 Å². The lowest BCUT2D eigenvalue weighted by molar-refractivity contribution is 0.0253. The third-order valence-electron chi connectivity index (χ3n) is 4.47. The summed E-state index contributed by atoms with van der Waals surface area (Å²) in [7, 11) is 1.66. The van der Waals surface area contributed by atoms with E-state index >= 15 is 0 Å². The predicted octanol–water partition coefficient (Wildman–Crippen LogP) is 2.51. The first-order valence-corrected chi connectivity index (χ1v) is 7.45. The highest BCUT2D eigenvalue weighted by Crippen LogP contribution is 2.39. The van der Waals surface area contributed by atoms with Crippen molar-refractivity contribution >= 4 is 5.69 Å². The van der Waals surface area contributed by atoms with Gasteiger partial charge in [0.15, 0.2) is 0 Å². The van der Waals surface area contributed by atoms with Crippen LogP contribution in [0.15, 0.2) is 18.2 Å². The molecule has 4 heteroatoms. The fraction of sp³-hybridized carbons (Fsp3) is 0.625. The van der Waals surface area contributed by atoms with Crippen molar-refractivity contribution in [1.29, 1.82) is 0 Å². The minimum Gasteiger partial charge on any atom is -0.496 e. The highest BCUT2D eigenvalue weighted by molar-refractivity contribution is 5.61. The highest BCUT2D eigenvalue weighted by Gasteiger charge is 2.37. The Morgan fingerprint density at radius 2 is 2.25 bits per heavy atom. The molecule has 1 saturated carbocycles. The van der Waals surface area contributed by atoms with Crippen molar-refractivity contribution in [3.63, 3.8) is 0 Å². The van der Waals surface area contributed by atoms with Gasteiger partial charge in [-0.25, -0.2) is 0 Å². The molecule has 0 spiro atoms. The molecule has 2 unspecified atom stereocenters. The van der Waals surface area contributed by atoms with Crippen LogP contribution in [0.4, 0.5) is 5.69 Å². The van der Waals surface area contributed by atoms with Gasteiger partial charge in [0, 0.05) is 17.8 Å². The summed E-state index contributed by atoms with van der Waals surface area (Å²) < 4.78 is 11.3. The predicted molar refractivity (Wildman–Crippen MR) is 78.4 cm³/mol. The maximum Gasteiger partial charge on any atom is 0.126 e. The van der Waals surface area contributed by atoms with E-state index in [-0.39, 0.29) is 0 Å². The van der Waals surface area contributed by atoms with Crippen molar-refractivity contribution in [2.45, 2.75) is 44.4 Å². The summed E-state index contributed by atoms with van der Waals surface area (Å²) in [4.78, 5) is 2.41. The first-order chi connectivity index (χ1) is 9.72. The molecule has 0 bridgehead atoms. The molecule has 1 N–H and O–H groups in total. The Hall–Kier alpha value is -1.26. The molecule has 3 atom stereocenters. The van der Waals surface area contributed by atoms with Gasteiger partial charge in [0.25, 0.3) is 0 Å². The topological polar surface area (TPSA) is 41.9 Å². The number of benzene rings is 1. The van der Waals surface area contributed by atoms with E-state index in [2.05, 4.69) is 11.0 Å². The summed E-state index contributed by atoms with van der Waals surface area (Å²) in [5.74, 6) is 0.763. The molecule has 1 saturated heterocycles. The quantitative estimate of drug-likeness (QED) is 0.922. The Morgan fingerprint density at radius 1 is 1.40 bits per heavy atom. The zero-order valence-corrected chi connectivity index (χ0v) is 12.2. The van der Waals surface area contributed by atoms with Crippen LogP contribution in [-0.4, -0.2) is 37.5 Å². The van der Waals surface area contributed by atoms with Crippen LogP contribution in [0, 0.1) is 0 Å². The molecule has 1 aromatic rings. The zero-order chi connectivity index (χ0) is 14.1. The van der Waals surface area contributed by atoms with E-state index in [1.54, 1.807) is 14.0 Å². The van der Waals surface area contributed by atoms with Crippen molar-refractivity contribution in [3.8, 4) is 5.75 Å².